The van der Waals surface area contributed by atoms with E-state index in [4.69, 9.17) is 4.74 Å². The third-order valence-corrected chi connectivity index (χ3v) is 8.31. The zero-order valence-corrected chi connectivity index (χ0v) is 21.6. The van der Waals surface area contributed by atoms with E-state index in [1.807, 2.05) is 0 Å². The predicted molar refractivity (Wildman–Crippen MR) is 130 cm³/mol. The lowest BCUT2D eigenvalue weighted by Crippen LogP contribution is -2.56. The van der Waals surface area contributed by atoms with Crippen molar-refractivity contribution in [3.63, 3.8) is 0 Å². The maximum absolute atomic E-state index is 13.7. The molecule has 1 aliphatic heterocycles. The molecule has 1 saturated carbocycles. The summed E-state index contributed by atoms with van der Waals surface area (Å²) in [4.78, 5) is 14.7. The Morgan fingerprint density at radius 1 is 1.24 bits per heavy atom. The van der Waals surface area contributed by atoms with Gasteiger partial charge < -0.3 is 30.1 Å². The highest BCUT2D eigenvalue weighted by Gasteiger charge is 2.48. The number of aliphatic hydroxyl groups is 4. The molecule has 2 heterocycles. The standard InChI is InChI=1S/C24H31F3N4O6S/c1-3-16(33)22(23(36)30(2)8-11-4-5-11)38-24-21(35)19(20(34)17(10-32)37-24)31-9-15(28-29-31)12-6-13(25)18(27)14(26)7-12/h6-7,9,11,16-17,19-22,24,32-35H,3-5,8,10H2,1-2H3/t16-,17-,19+,20+,21-,22+,24+/m1/s1. The Bertz CT molecular complexity index is 1120. The number of thioether (sulfide) groups is 1. The fourth-order valence-corrected chi connectivity index (χ4v) is 5.91. The molecule has 7 atom stereocenters. The Kier molecular flexibility index (Phi) is 9.00. The molecule has 4 rings (SSSR count). The first-order valence-electron chi connectivity index (χ1n) is 12.3. The molecule has 1 aromatic carbocycles. The molecule has 2 aliphatic rings. The van der Waals surface area contributed by atoms with Crippen LogP contribution in [-0.4, -0.2) is 102 Å². The quantitative estimate of drug-likeness (QED) is 0.314. The molecule has 14 heteroatoms. The van der Waals surface area contributed by atoms with Gasteiger partial charge in [0.15, 0.2) is 17.5 Å². The smallest absolute Gasteiger partial charge is 0.238 e. The Hall–Kier alpha value is -2.23. The number of hydrogen-bond acceptors (Lipinski definition) is 9. The highest BCUT2D eigenvalue weighted by molar-refractivity contribution is 8.01. The van der Waals surface area contributed by atoms with Crippen LogP contribution in [0.4, 0.5) is 13.2 Å². The molecule has 38 heavy (non-hydrogen) atoms. The van der Waals surface area contributed by atoms with Crippen LogP contribution in [0.15, 0.2) is 18.3 Å². The Labute approximate surface area is 221 Å². The molecule has 1 amide bonds. The minimum atomic E-state index is -1.64. The molecule has 0 unspecified atom stereocenters. The van der Waals surface area contributed by atoms with Gasteiger partial charge >= 0.3 is 0 Å². The summed E-state index contributed by atoms with van der Waals surface area (Å²) in [5, 5.41) is 49.2. The molecule has 1 saturated heterocycles. The first-order valence-corrected chi connectivity index (χ1v) is 13.3. The zero-order valence-electron chi connectivity index (χ0n) is 20.8. The molecule has 2 aromatic rings. The monoisotopic (exact) mass is 560 g/mol. The van der Waals surface area contributed by atoms with E-state index >= 15 is 0 Å². The predicted octanol–water partition coefficient (Wildman–Crippen LogP) is 1.08. The summed E-state index contributed by atoms with van der Waals surface area (Å²) < 4.78 is 47.6. The number of aliphatic hydroxyl groups excluding tert-OH is 4. The number of rotatable bonds is 10. The number of nitrogens with zero attached hydrogens (tertiary/aromatic N) is 4. The lowest BCUT2D eigenvalue weighted by molar-refractivity contribution is -0.178. The van der Waals surface area contributed by atoms with Crippen LogP contribution >= 0.6 is 11.8 Å². The van der Waals surface area contributed by atoms with Crippen LogP contribution in [0.1, 0.15) is 32.2 Å². The topological polar surface area (TPSA) is 141 Å². The van der Waals surface area contributed by atoms with E-state index in [0.29, 0.717) is 12.5 Å². The third-order valence-electron chi connectivity index (χ3n) is 6.84. The normalized spacial score (nSPS) is 27.2. The molecule has 10 nitrogen and oxygen atoms in total. The van der Waals surface area contributed by atoms with E-state index in [0.717, 1.165) is 41.4 Å². The largest absolute Gasteiger partial charge is 0.394 e. The summed E-state index contributed by atoms with van der Waals surface area (Å²) in [6.07, 6.45) is -1.69. The first-order chi connectivity index (χ1) is 18.0. The maximum atomic E-state index is 13.7. The molecule has 0 spiro atoms. The van der Waals surface area contributed by atoms with Crippen LogP contribution in [0.25, 0.3) is 11.3 Å². The summed E-state index contributed by atoms with van der Waals surface area (Å²) in [7, 11) is 1.65. The number of halogens is 3. The average Bonchev–Trinajstić information content (AvgIpc) is 3.58. The van der Waals surface area contributed by atoms with Crippen molar-refractivity contribution in [2.75, 3.05) is 20.2 Å². The summed E-state index contributed by atoms with van der Waals surface area (Å²) in [5.74, 6) is -4.39. The van der Waals surface area contributed by atoms with E-state index in [1.54, 1.807) is 18.9 Å². The number of aromatic nitrogens is 3. The van der Waals surface area contributed by atoms with Crippen LogP contribution < -0.4 is 0 Å². The van der Waals surface area contributed by atoms with Gasteiger partial charge in [0, 0.05) is 19.2 Å². The zero-order chi connectivity index (χ0) is 27.7. The van der Waals surface area contributed by atoms with Gasteiger partial charge in [-0.15, -0.1) is 16.9 Å². The summed E-state index contributed by atoms with van der Waals surface area (Å²) in [6.45, 7) is 1.63. The van der Waals surface area contributed by atoms with E-state index in [1.165, 1.54) is 6.20 Å². The van der Waals surface area contributed by atoms with E-state index in [2.05, 4.69) is 10.3 Å². The highest BCUT2D eigenvalue weighted by atomic mass is 32.2. The Morgan fingerprint density at radius 2 is 1.89 bits per heavy atom. The Morgan fingerprint density at radius 3 is 2.47 bits per heavy atom. The molecule has 1 aliphatic carbocycles. The van der Waals surface area contributed by atoms with Crippen LogP contribution in [-0.2, 0) is 9.53 Å². The molecule has 2 fully saturated rings. The third kappa shape index (κ3) is 6.00. The van der Waals surface area contributed by atoms with Crippen molar-refractivity contribution in [3.8, 4) is 11.3 Å². The molecular weight excluding hydrogens is 529 g/mol. The molecule has 0 bridgehead atoms. The van der Waals surface area contributed by atoms with Crippen LogP contribution in [0.5, 0.6) is 0 Å². The van der Waals surface area contributed by atoms with Gasteiger partial charge in [0.05, 0.1) is 18.9 Å². The summed E-state index contributed by atoms with van der Waals surface area (Å²) in [6, 6.07) is 0.229. The lowest BCUT2D eigenvalue weighted by atomic mass is 9.97. The van der Waals surface area contributed by atoms with Crippen molar-refractivity contribution in [1.29, 1.82) is 0 Å². The second kappa shape index (κ2) is 11.9. The van der Waals surface area contributed by atoms with Gasteiger partial charge in [-0.2, -0.15) is 0 Å². The number of carbonyl (C=O) groups is 1. The summed E-state index contributed by atoms with van der Waals surface area (Å²) >= 11 is 0.881. The molecule has 4 N–H and O–H groups in total. The van der Waals surface area contributed by atoms with Crippen LogP contribution in [0.3, 0.4) is 0 Å². The van der Waals surface area contributed by atoms with Gasteiger partial charge in [-0.1, -0.05) is 12.1 Å². The van der Waals surface area contributed by atoms with Crippen molar-refractivity contribution >= 4 is 17.7 Å². The number of carbonyl (C=O) groups excluding carboxylic acids is 1. The van der Waals surface area contributed by atoms with E-state index in [9.17, 15) is 38.4 Å². The van der Waals surface area contributed by atoms with E-state index < -0.39 is 65.2 Å². The van der Waals surface area contributed by atoms with Gasteiger partial charge in [-0.05, 0) is 37.3 Å². The average molecular weight is 561 g/mol. The van der Waals surface area contributed by atoms with Crippen LogP contribution in [0.2, 0.25) is 0 Å². The van der Waals surface area contributed by atoms with E-state index in [-0.39, 0.29) is 23.6 Å². The molecular formula is C24H31F3N4O6S. The second-order valence-corrected chi connectivity index (χ2v) is 11.0. The highest BCUT2D eigenvalue weighted by Crippen LogP contribution is 2.39. The lowest BCUT2D eigenvalue weighted by Gasteiger charge is -2.43. The fraction of sp³-hybridized carbons (Fsp3) is 0.625. The minimum Gasteiger partial charge on any atom is -0.394 e. The minimum absolute atomic E-state index is 0.0606. The van der Waals surface area contributed by atoms with Gasteiger partial charge in [-0.25, -0.2) is 17.9 Å². The van der Waals surface area contributed by atoms with Crippen LogP contribution in [0, 0.1) is 23.4 Å². The second-order valence-electron chi connectivity index (χ2n) is 9.73. The molecule has 210 valence electrons. The summed E-state index contributed by atoms with van der Waals surface area (Å²) in [5.41, 5.74) is -1.35. The van der Waals surface area contributed by atoms with Gasteiger partial charge in [0.25, 0.3) is 0 Å². The molecule has 0 radical (unpaired) electrons. The number of benzene rings is 1. The SMILES string of the molecule is CC[C@@H](O)[C@H](S[C@@H]1O[C@H](CO)[C@H](O)[C@H](n2cc(-c3cc(F)c(F)c(F)c3)nn2)[C@H]1O)C(=O)N(C)CC1CC1. The Balaban J connectivity index is 1.59. The molecule has 1 aromatic heterocycles. The van der Waals surface area contributed by atoms with Gasteiger partial charge in [0.1, 0.15) is 40.7 Å². The van der Waals surface area contributed by atoms with Gasteiger partial charge in [0.2, 0.25) is 5.91 Å². The number of amides is 1. The first kappa shape index (κ1) is 28.8. The van der Waals surface area contributed by atoms with Crippen molar-refractivity contribution in [1.82, 2.24) is 19.9 Å². The maximum Gasteiger partial charge on any atom is 0.238 e. The number of ether oxygens (including phenoxy) is 1. The van der Waals surface area contributed by atoms with Crippen molar-refractivity contribution in [3.05, 3.63) is 35.8 Å². The van der Waals surface area contributed by atoms with Crippen molar-refractivity contribution in [2.45, 2.75) is 67.3 Å². The van der Waals surface area contributed by atoms with Crippen molar-refractivity contribution < 1.29 is 43.1 Å². The van der Waals surface area contributed by atoms with Gasteiger partial charge in [-0.3, -0.25) is 4.79 Å². The van der Waals surface area contributed by atoms with Crippen molar-refractivity contribution in [2.24, 2.45) is 5.92 Å². The fourth-order valence-electron chi connectivity index (χ4n) is 4.42. The number of hydrogen-bond donors (Lipinski definition) is 4.